The van der Waals surface area contributed by atoms with Crippen molar-refractivity contribution >= 4 is 5.97 Å². The predicted molar refractivity (Wildman–Crippen MR) is 80.7 cm³/mol. The minimum Gasteiger partial charge on any atom is -0.508 e. The number of fused-ring (bicyclic) bond motifs is 3. The maximum absolute atomic E-state index is 11.0. The van der Waals surface area contributed by atoms with E-state index in [0.717, 1.165) is 25.2 Å². The van der Waals surface area contributed by atoms with Crippen LogP contribution in [0.15, 0.2) is 24.3 Å². The van der Waals surface area contributed by atoms with Gasteiger partial charge in [-0.2, -0.15) is 0 Å². The lowest BCUT2D eigenvalue weighted by Crippen LogP contribution is -2.44. The Kier molecular flexibility index (Phi) is 4.61. The number of rotatable bonds is 4. The molecular formula is C16H22N2O4. The normalized spacial score (nSPS) is 26.5. The third kappa shape index (κ3) is 3.76. The summed E-state index contributed by atoms with van der Waals surface area (Å²) in [5.74, 6) is -0.177. The first-order valence-electron chi connectivity index (χ1n) is 7.64. The van der Waals surface area contributed by atoms with Gasteiger partial charge in [-0.25, -0.2) is 0 Å². The van der Waals surface area contributed by atoms with E-state index in [1.165, 1.54) is 0 Å². The van der Waals surface area contributed by atoms with Crippen molar-refractivity contribution in [1.29, 1.82) is 0 Å². The molecule has 6 nitrogen and oxygen atoms in total. The lowest BCUT2D eigenvalue weighted by molar-refractivity contribution is -0.138. The Morgan fingerprint density at radius 3 is 2.91 bits per heavy atom. The summed E-state index contributed by atoms with van der Waals surface area (Å²) >= 11 is 0. The van der Waals surface area contributed by atoms with Crippen LogP contribution in [0.25, 0.3) is 0 Å². The summed E-state index contributed by atoms with van der Waals surface area (Å²) in [5, 5.41) is 18.6. The van der Waals surface area contributed by atoms with Gasteiger partial charge in [-0.1, -0.05) is 12.1 Å². The number of carboxylic acids is 1. The van der Waals surface area contributed by atoms with Crippen LogP contribution in [0.3, 0.4) is 0 Å². The summed E-state index contributed by atoms with van der Waals surface area (Å²) in [6, 6.07) is 7.49. The summed E-state index contributed by atoms with van der Waals surface area (Å²) in [6.07, 6.45) is 0. The van der Waals surface area contributed by atoms with Crippen molar-refractivity contribution in [1.82, 2.24) is 9.80 Å². The van der Waals surface area contributed by atoms with Crippen LogP contribution < -0.4 is 0 Å². The van der Waals surface area contributed by atoms with Gasteiger partial charge < -0.3 is 14.9 Å². The molecule has 2 atom stereocenters. The Morgan fingerprint density at radius 1 is 1.27 bits per heavy atom. The van der Waals surface area contributed by atoms with Gasteiger partial charge in [0.05, 0.1) is 19.8 Å². The van der Waals surface area contributed by atoms with E-state index in [9.17, 15) is 9.90 Å². The van der Waals surface area contributed by atoms with E-state index in [2.05, 4.69) is 4.90 Å². The monoisotopic (exact) mass is 306 g/mol. The topological polar surface area (TPSA) is 73.2 Å². The maximum Gasteiger partial charge on any atom is 0.317 e. The second kappa shape index (κ2) is 6.64. The van der Waals surface area contributed by atoms with E-state index in [-0.39, 0.29) is 18.3 Å². The molecule has 0 aliphatic carbocycles. The molecule has 2 heterocycles. The molecule has 2 aliphatic rings. The van der Waals surface area contributed by atoms with E-state index >= 15 is 0 Å². The number of hydrogen-bond donors (Lipinski definition) is 2. The molecule has 1 aromatic rings. The standard InChI is InChI=1S/C16H22N2O4/c19-15-3-1-2-12(4-15)6-18-7-13-5-17(9-16(20)21)8-14(18)11-22-10-13/h1-4,13-14,19H,5-11H2,(H,20,21)/t13-,14-/m0/s1. The van der Waals surface area contributed by atoms with Gasteiger partial charge in [0.15, 0.2) is 0 Å². The summed E-state index contributed by atoms with van der Waals surface area (Å²) in [6.45, 7) is 4.53. The van der Waals surface area contributed by atoms with Gasteiger partial charge in [0.2, 0.25) is 0 Å². The predicted octanol–water partition coefficient (Wildman–Crippen LogP) is 0.609. The Labute approximate surface area is 129 Å². The Hall–Kier alpha value is -1.63. The second-order valence-corrected chi connectivity index (χ2v) is 6.24. The minimum absolute atomic E-state index is 0.0902. The van der Waals surface area contributed by atoms with Gasteiger partial charge in [-0.15, -0.1) is 0 Å². The molecule has 120 valence electrons. The maximum atomic E-state index is 11.0. The number of phenolic OH excluding ortho intramolecular Hbond substituents is 1. The van der Waals surface area contributed by atoms with Crippen molar-refractivity contribution in [2.24, 2.45) is 5.92 Å². The number of phenols is 1. The molecule has 2 aliphatic heterocycles. The molecule has 2 bridgehead atoms. The van der Waals surface area contributed by atoms with Crippen molar-refractivity contribution in [3.8, 4) is 5.75 Å². The van der Waals surface area contributed by atoms with E-state index in [1.54, 1.807) is 12.1 Å². The highest BCUT2D eigenvalue weighted by atomic mass is 16.5. The molecule has 0 saturated carbocycles. The molecule has 3 rings (SSSR count). The fourth-order valence-corrected chi connectivity index (χ4v) is 3.43. The van der Waals surface area contributed by atoms with Crippen molar-refractivity contribution in [3.63, 3.8) is 0 Å². The highest BCUT2D eigenvalue weighted by molar-refractivity contribution is 5.69. The first-order valence-corrected chi connectivity index (χ1v) is 7.64. The number of carboxylic acid groups (broad SMARTS) is 1. The minimum atomic E-state index is -0.777. The van der Waals surface area contributed by atoms with Gasteiger partial charge in [0, 0.05) is 38.1 Å². The quantitative estimate of drug-likeness (QED) is 0.849. The van der Waals surface area contributed by atoms with Crippen molar-refractivity contribution in [2.45, 2.75) is 12.6 Å². The summed E-state index contributed by atoms with van der Waals surface area (Å²) in [5.41, 5.74) is 1.07. The smallest absolute Gasteiger partial charge is 0.317 e. The van der Waals surface area contributed by atoms with Crippen LogP contribution >= 0.6 is 0 Å². The van der Waals surface area contributed by atoms with Gasteiger partial charge >= 0.3 is 5.97 Å². The zero-order valence-electron chi connectivity index (χ0n) is 12.5. The van der Waals surface area contributed by atoms with Crippen LogP contribution in [0.1, 0.15) is 5.56 Å². The number of carbonyl (C=O) groups is 1. The van der Waals surface area contributed by atoms with E-state index in [0.29, 0.717) is 25.7 Å². The molecule has 0 aromatic heterocycles. The molecule has 0 unspecified atom stereocenters. The Morgan fingerprint density at radius 2 is 2.14 bits per heavy atom. The molecule has 2 fully saturated rings. The Bertz CT molecular complexity index is 537. The van der Waals surface area contributed by atoms with E-state index in [4.69, 9.17) is 9.84 Å². The first-order chi connectivity index (χ1) is 10.6. The number of ether oxygens (including phenoxy) is 1. The summed E-state index contributed by atoms with van der Waals surface area (Å²) in [4.78, 5) is 15.4. The molecule has 0 amide bonds. The third-order valence-corrected chi connectivity index (χ3v) is 4.31. The number of hydrogen-bond acceptors (Lipinski definition) is 5. The third-order valence-electron chi connectivity index (χ3n) is 4.31. The molecule has 6 heteroatoms. The molecule has 0 radical (unpaired) electrons. The van der Waals surface area contributed by atoms with E-state index in [1.807, 2.05) is 17.0 Å². The average molecular weight is 306 g/mol. The summed E-state index contributed by atoms with van der Waals surface area (Å²) in [7, 11) is 0. The van der Waals surface area contributed by atoms with Crippen LogP contribution in [0.4, 0.5) is 0 Å². The number of benzene rings is 1. The Balaban J connectivity index is 1.73. The van der Waals surface area contributed by atoms with Crippen LogP contribution in [-0.4, -0.2) is 71.4 Å². The van der Waals surface area contributed by atoms with Gasteiger partial charge in [-0.3, -0.25) is 14.6 Å². The lowest BCUT2D eigenvalue weighted by atomic mass is 10.1. The largest absolute Gasteiger partial charge is 0.508 e. The van der Waals surface area contributed by atoms with Gasteiger partial charge in [-0.05, 0) is 17.7 Å². The van der Waals surface area contributed by atoms with Crippen LogP contribution in [0, 0.1) is 5.92 Å². The molecule has 2 N–H and O–H groups in total. The van der Waals surface area contributed by atoms with Gasteiger partial charge in [0.1, 0.15) is 5.75 Å². The first kappa shape index (κ1) is 15.3. The fourth-order valence-electron chi connectivity index (χ4n) is 3.43. The van der Waals surface area contributed by atoms with Crippen LogP contribution in [-0.2, 0) is 16.1 Å². The van der Waals surface area contributed by atoms with Crippen molar-refractivity contribution in [3.05, 3.63) is 29.8 Å². The van der Waals surface area contributed by atoms with E-state index < -0.39 is 5.97 Å². The van der Waals surface area contributed by atoms with Crippen molar-refractivity contribution in [2.75, 3.05) is 39.4 Å². The molecule has 2 saturated heterocycles. The second-order valence-electron chi connectivity index (χ2n) is 6.24. The zero-order chi connectivity index (χ0) is 15.5. The molecular weight excluding hydrogens is 284 g/mol. The number of aliphatic carboxylic acids is 1. The highest BCUT2D eigenvalue weighted by Crippen LogP contribution is 2.22. The molecule has 22 heavy (non-hydrogen) atoms. The summed E-state index contributed by atoms with van der Waals surface area (Å²) < 4.78 is 5.74. The molecule has 0 spiro atoms. The molecule has 1 aromatic carbocycles. The van der Waals surface area contributed by atoms with Gasteiger partial charge in [0.25, 0.3) is 0 Å². The van der Waals surface area contributed by atoms with Crippen LogP contribution in [0.2, 0.25) is 0 Å². The number of aromatic hydroxyl groups is 1. The zero-order valence-corrected chi connectivity index (χ0v) is 12.5. The SMILES string of the molecule is O=C(O)CN1C[C@@H]2COC[C@H](C1)N(Cc1cccc(O)c1)C2. The number of nitrogens with zero attached hydrogens (tertiary/aromatic N) is 2. The van der Waals surface area contributed by atoms with Crippen LogP contribution in [0.5, 0.6) is 5.75 Å². The average Bonchev–Trinajstić information content (AvgIpc) is 2.68. The fraction of sp³-hybridized carbons (Fsp3) is 0.562. The lowest BCUT2D eigenvalue weighted by Gasteiger charge is -2.30. The van der Waals surface area contributed by atoms with Crippen molar-refractivity contribution < 1.29 is 19.7 Å². The highest BCUT2D eigenvalue weighted by Gasteiger charge is 2.33.